The van der Waals surface area contributed by atoms with Gasteiger partial charge in [-0.2, -0.15) is 0 Å². The zero-order chi connectivity index (χ0) is 11.5. The molecule has 0 aromatic rings. The predicted molar refractivity (Wildman–Crippen MR) is 62.6 cm³/mol. The third-order valence-electron chi connectivity index (χ3n) is 5.01. The summed E-state index contributed by atoms with van der Waals surface area (Å²) >= 11 is 0. The van der Waals surface area contributed by atoms with Gasteiger partial charge >= 0.3 is 0 Å². The van der Waals surface area contributed by atoms with Crippen molar-refractivity contribution in [2.45, 2.75) is 38.6 Å². The number of carbonyl (C=O) groups is 1. The maximum Gasteiger partial charge on any atom is 0.224 e. The third-order valence-corrected chi connectivity index (χ3v) is 5.01. The van der Waals surface area contributed by atoms with Crippen LogP contribution in [-0.2, 0) is 4.79 Å². The quantitative estimate of drug-likeness (QED) is 0.752. The molecule has 0 saturated heterocycles. The lowest BCUT2D eigenvalue weighted by atomic mass is 10.00. The molecule has 3 saturated carbocycles. The van der Waals surface area contributed by atoms with Crippen molar-refractivity contribution < 1.29 is 4.79 Å². The highest BCUT2D eigenvalue weighted by Gasteiger charge is 2.67. The van der Waals surface area contributed by atoms with Gasteiger partial charge in [-0.1, -0.05) is 0 Å². The van der Waals surface area contributed by atoms with Gasteiger partial charge in [0.1, 0.15) is 0 Å². The second-order valence-electron chi connectivity index (χ2n) is 6.59. The first kappa shape index (κ1) is 10.6. The Labute approximate surface area is 97.2 Å². The van der Waals surface area contributed by atoms with Crippen LogP contribution in [0.25, 0.3) is 0 Å². The minimum Gasteiger partial charge on any atom is -0.350 e. The smallest absolute Gasteiger partial charge is 0.224 e. The molecular weight excluding hydrogens is 200 g/mol. The topological polar surface area (TPSA) is 55.1 Å². The van der Waals surface area contributed by atoms with Crippen LogP contribution < -0.4 is 11.1 Å². The van der Waals surface area contributed by atoms with Crippen molar-refractivity contribution >= 4 is 5.91 Å². The molecule has 2 bridgehead atoms. The molecule has 0 aromatic carbocycles. The van der Waals surface area contributed by atoms with Crippen molar-refractivity contribution in [3.05, 3.63) is 0 Å². The fraction of sp³-hybridized carbons (Fsp3) is 0.923. The van der Waals surface area contributed by atoms with Crippen LogP contribution in [0.5, 0.6) is 0 Å². The van der Waals surface area contributed by atoms with Crippen LogP contribution in [-0.4, -0.2) is 18.0 Å². The lowest BCUT2D eigenvalue weighted by Gasteiger charge is -2.25. The third kappa shape index (κ3) is 1.41. The van der Waals surface area contributed by atoms with E-state index in [0.717, 1.165) is 23.7 Å². The van der Waals surface area contributed by atoms with Crippen molar-refractivity contribution in [1.29, 1.82) is 0 Å². The largest absolute Gasteiger partial charge is 0.350 e. The predicted octanol–water partition coefficient (Wildman–Crippen LogP) is 1.13. The number of hydrogen-bond acceptors (Lipinski definition) is 2. The van der Waals surface area contributed by atoms with Crippen LogP contribution in [0.4, 0.5) is 0 Å². The van der Waals surface area contributed by atoms with Crippen molar-refractivity contribution in [3.8, 4) is 0 Å². The molecule has 3 nitrogen and oxygen atoms in total. The molecule has 3 N–H and O–H groups in total. The summed E-state index contributed by atoms with van der Waals surface area (Å²) in [6.45, 7) is 4.50. The fourth-order valence-electron chi connectivity index (χ4n) is 4.14. The Morgan fingerprint density at radius 3 is 2.38 bits per heavy atom. The molecule has 3 aliphatic rings. The van der Waals surface area contributed by atoms with E-state index in [1.807, 2.05) is 13.8 Å². The number of fused-ring (bicyclic) bond motifs is 5. The summed E-state index contributed by atoms with van der Waals surface area (Å²) in [6, 6.07) is 0. The van der Waals surface area contributed by atoms with Gasteiger partial charge in [0, 0.05) is 18.0 Å². The Bertz CT molecular complexity index is 310. The molecule has 0 spiro atoms. The van der Waals surface area contributed by atoms with Crippen LogP contribution in [0.15, 0.2) is 0 Å². The van der Waals surface area contributed by atoms with Gasteiger partial charge in [0.05, 0.1) is 0 Å². The molecule has 0 radical (unpaired) electrons. The zero-order valence-corrected chi connectivity index (χ0v) is 10.2. The van der Waals surface area contributed by atoms with Crippen molar-refractivity contribution in [2.24, 2.45) is 35.3 Å². The van der Waals surface area contributed by atoms with E-state index >= 15 is 0 Å². The molecule has 3 rings (SSSR count). The highest BCUT2D eigenvalue weighted by atomic mass is 16.2. The molecule has 3 fully saturated rings. The molecule has 3 heteroatoms. The summed E-state index contributed by atoms with van der Waals surface area (Å²) in [4.78, 5) is 12.1. The lowest BCUT2D eigenvalue weighted by Crippen LogP contribution is -2.49. The Hall–Kier alpha value is -0.570. The second kappa shape index (κ2) is 3.22. The summed E-state index contributed by atoms with van der Waals surface area (Å²) < 4.78 is 0. The summed E-state index contributed by atoms with van der Waals surface area (Å²) in [5.74, 6) is 3.79. The molecule has 0 aromatic heterocycles. The Morgan fingerprint density at radius 2 is 1.88 bits per heavy atom. The van der Waals surface area contributed by atoms with E-state index in [0.29, 0.717) is 12.5 Å². The van der Waals surface area contributed by atoms with Gasteiger partial charge in [0.25, 0.3) is 0 Å². The Morgan fingerprint density at radius 1 is 1.31 bits per heavy atom. The van der Waals surface area contributed by atoms with Gasteiger partial charge < -0.3 is 11.1 Å². The number of amides is 1. The summed E-state index contributed by atoms with van der Waals surface area (Å²) in [7, 11) is 0. The maximum absolute atomic E-state index is 12.1. The molecule has 4 atom stereocenters. The molecule has 16 heavy (non-hydrogen) atoms. The van der Waals surface area contributed by atoms with E-state index in [4.69, 9.17) is 5.73 Å². The van der Waals surface area contributed by atoms with Gasteiger partial charge in [0.2, 0.25) is 5.91 Å². The van der Waals surface area contributed by atoms with Crippen LogP contribution in [0, 0.1) is 29.6 Å². The molecule has 3 aliphatic carbocycles. The first-order valence-electron chi connectivity index (χ1n) is 6.55. The lowest BCUT2D eigenvalue weighted by molar-refractivity contribution is -0.124. The van der Waals surface area contributed by atoms with Crippen LogP contribution >= 0.6 is 0 Å². The maximum atomic E-state index is 12.1. The van der Waals surface area contributed by atoms with Crippen LogP contribution in [0.3, 0.4) is 0 Å². The average molecular weight is 222 g/mol. The summed E-state index contributed by atoms with van der Waals surface area (Å²) in [5, 5.41) is 3.10. The average Bonchev–Trinajstić information content (AvgIpc) is 2.69. The normalized spacial score (nSPS) is 44.3. The zero-order valence-electron chi connectivity index (χ0n) is 10.2. The van der Waals surface area contributed by atoms with E-state index in [1.54, 1.807) is 0 Å². The van der Waals surface area contributed by atoms with Gasteiger partial charge in [0.15, 0.2) is 0 Å². The van der Waals surface area contributed by atoms with E-state index in [2.05, 4.69) is 5.32 Å². The van der Waals surface area contributed by atoms with Crippen molar-refractivity contribution in [3.63, 3.8) is 0 Å². The minimum absolute atomic E-state index is 0.243. The highest BCUT2D eigenvalue weighted by molar-refractivity contribution is 5.83. The van der Waals surface area contributed by atoms with Gasteiger partial charge in [-0.15, -0.1) is 0 Å². The molecule has 0 aliphatic heterocycles. The Kier molecular flexibility index (Phi) is 2.13. The van der Waals surface area contributed by atoms with Crippen LogP contribution in [0.1, 0.15) is 33.1 Å². The van der Waals surface area contributed by atoms with Crippen LogP contribution in [0.2, 0.25) is 0 Å². The van der Waals surface area contributed by atoms with E-state index in [-0.39, 0.29) is 11.4 Å². The summed E-state index contributed by atoms with van der Waals surface area (Å²) in [5.41, 5.74) is 5.40. The number of carbonyl (C=O) groups excluding carboxylic acids is 1. The van der Waals surface area contributed by atoms with E-state index < -0.39 is 0 Å². The van der Waals surface area contributed by atoms with Crippen molar-refractivity contribution in [1.82, 2.24) is 5.32 Å². The molecular formula is C13H22N2O. The monoisotopic (exact) mass is 222 g/mol. The standard InChI is InChI=1S/C13H22N2O/c1-13(2,6-14)15-12(16)11-9-7-3-4-8(5-7)10(9)11/h7-11H,3-6,14H2,1-2H3,(H,15,16). The first-order valence-corrected chi connectivity index (χ1v) is 6.55. The number of hydrogen-bond donors (Lipinski definition) is 2. The van der Waals surface area contributed by atoms with Gasteiger partial charge in [-0.3, -0.25) is 4.79 Å². The Balaban J connectivity index is 1.63. The van der Waals surface area contributed by atoms with Crippen molar-refractivity contribution in [2.75, 3.05) is 6.54 Å². The number of nitrogens with two attached hydrogens (primary N) is 1. The number of nitrogens with one attached hydrogen (secondary N) is 1. The van der Waals surface area contributed by atoms with E-state index in [1.165, 1.54) is 19.3 Å². The van der Waals surface area contributed by atoms with Gasteiger partial charge in [-0.25, -0.2) is 0 Å². The molecule has 1 amide bonds. The molecule has 90 valence electrons. The fourth-order valence-corrected chi connectivity index (χ4v) is 4.14. The van der Waals surface area contributed by atoms with E-state index in [9.17, 15) is 4.79 Å². The van der Waals surface area contributed by atoms with Gasteiger partial charge in [-0.05, 0) is 56.8 Å². The number of rotatable bonds is 3. The molecule has 0 heterocycles. The SMILES string of the molecule is CC(C)(CN)NC(=O)C1C2C3CCC(C3)C12. The molecule has 4 unspecified atom stereocenters. The first-order chi connectivity index (χ1) is 7.53. The summed E-state index contributed by atoms with van der Waals surface area (Å²) in [6.07, 6.45) is 4.14. The highest BCUT2D eigenvalue weighted by Crippen LogP contribution is 2.69. The minimum atomic E-state index is -0.243. The second-order valence-corrected chi connectivity index (χ2v) is 6.59.